The van der Waals surface area contributed by atoms with Gasteiger partial charge in [-0.1, -0.05) is 6.92 Å². The number of likely N-dealkylation sites (N-methyl/N-ethyl adjacent to an activating group) is 1. The summed E-state index contributed by atoms with van der Waals surface area (Å²) in [6, 6.07) is 7.73. The number of hydrogen-bond donors (Lipinski definition) is 1. The highest BCUT2D eigenvalue weighted by atomic mass is 16.5. The van der Waals surface area contributed by atoms with Crippen LogP contribution in [0.15, 0.2) is 24.3 Å². The Hall–Kier alpha value is -1.26. The summed E-state index contributed by atoms with van der Waals surface area (Å²) in [6.07, 6.45) is 1.26. The molecule has 0 amide bonds. The normalized spacial score (nSPS) is 22.2. The number of benzene rings is 1. The molecular weight excluding hydrogens is 252 g/mol. The summed E-state index contributed by atoms with van der Waals surface area (Å²) in [5.41, 5.74) is 0.412. The van der Waals surface area contributed by atoms with E-state index in [1.54, 1.807) is 7.11 Å². The lowest BCUT2D eigenvalue weighted by atomic mass is 9.89. The van der Waals surface area contributed by atoms with Crippen LogP contribution in [0.1, 0.15) is 13.3 Å². The second-order valence-corrected chi connectivity index (χ2v) is 6.00. The second kappa shape index (κ2) is 6.95. The number of hydrogen-bond acceptors (Lipinski definition) is 4. The van der Waals surface area contributed by atoms with Gasteiger partial charge in [0.25, 0.3) is 0 Å². The maximum atomic E-state index is 5.76. The highest BCUT2D eigenvalue weighted by Gasteiger charge is 2.29. The van der Waals surface area contributed by atoms with Crippen molar-refractivity contribution < 1.29 is 9.47 Å². The van der Waals surface area contributed by atoms with Crippen molar-refractivity contribution in [3.63, 3.8) is 0 Å². The van der Waals surface area contributed by atoms with Gasteiger partial charge in [-0.25, -0.2) is 0 Å². The second-order valence-electron chi connectivity index (χ2n) is 6.00. The predicted molar refractivity (Wildman–Crippen MR) is 81.6 cm³/mol. The lowest BCUT2D eigenvalue weighted by molar-refractivity contribution is 0.177. The smallest absolute Gasteiger partial charge is 0.119 e. The standard InChI is InChI=1S/C16H26N2O2/c1-16(8-9-17-12-16)13-18(2)10-11-20-15-6-4-14(19-3)5-7-15/h4-7,17H,8-13H2,1-3H3. The number of ether oxygens (including phenoxy) is 2. The van der Waals surface area contributed by atoms with E-state index in [2.05, 4.69) is 24.2 Å². The molecule has 1 aromatic rings. The van der Waals surface area contributed by atoms with Crippen molar-refractivity contribution in [1.29, 1.82) is 0 Å². The van der Waals surface area contributed by atoms with Gasteiger partial charge in [-0.2, -0.15) is 0 Å². The van der Waals surface area contributed by atoms with Crippen molar-refractivity contribution >= 4 is 0 Å². The molecule has 1 heterocycles. The van der Waals surface area contributed by atoms with E-state index < -0.39 is 0 Å². The molecule has 1 N–H and O–H groups in total. The average Bonchev–Trinajstić information content (AvgIpc) is 2.86. The Bertz CT molecular complexity index is 399. The molecule has 0 spiro atoms. The summed E-state index contributed by atoms with van der Waals surface area (Å²) < 4.78 is 10.9. The summed E-state index contributed by atoms with van der Waals surface area (Å²) in [7, 11) is 3.84. The third kappa shape index (κ3) is 4.39. The van der Waals surface area contributed by atoms with Gasteiger partial charge in [-0.3, -0.25) is 0 Å². The maximum absolute atomic E-state index is 5.76. The van der Waals surface area contributed by atoms with Gasteiger partial charge in [0.1, 0.15) is 18.1 Å². The molecule has 4 heteroatoms. The first kappa shape index (κ1) is 15.1. The van der Waals surface area contributed by atoms with E-state index in [0.29, 0.717) is 12.0 Å². The SMILES string of the molecule is COc1ccc(OCCN(C)CC2(C)CCNC2)cc1. The summed E-state index contributed by atoms with van der Waals surface area (Å²) in [4.78, 5) is 2.36. The molecule has 0 aromatic heterocycles. The van der Waals surface area contributed by atoms with Crippen molar-refractivity contribution in [1.82, 2.24) is 10.2 Å². The van der Waals surface area contributed by atoms with Gasteiger partial charge in [0.05, 0.1) is 7.11 Å². The fraction of sp³-hybridized carbons (Fsp3) is 0.625. The highest BCUT2D eigenvalue weighted by Crippen LogP contribution is 2.25. The Labute approximate surface area is 122 Å². The van der Waals surface area contributed by atoms with Crippen LogP contribution in [0.25, 0.3) is 0 Å². The Morgan fingerprint density at radius 2 is 1.95 bits per heavy atom. The van der Waals surface area contributed by atoms with Gasteiger partial charge in [-0.15, -0.1) is 0 Å². The van der Waals surface area contributed by atoms with Crippen LogP contribution in [0.5, 0.6) is 11.5 Å². The molecule has 0 radical (unpaired) electrons. The Balaban J connectivity index is 1.69. The molecule has 1 unspecified atom stereocenters. The molecule has 1 saturated heterocycles. The largest absolute Gasteiger partial charge is 0.497 e. The summed E-state index contributed by atoms with van der Waals surface area (Å²) in [6.45, 7) is 7.40. The van der Waals surface area contributed by atoms with Crippen molar-refractivity contribution in [3.8, 4) is 11.5 Å². The molecular formula is C16H26N2O2. The van der Waals surface area contributed by atoms with E-state index in [1.807, 2.05) is 24.3 Å². The third-order valence-electron chi connectivity index (χ3n) is 3.91. The van der Waals surface area contributed by atoms with E-state index in [1.165, 1.54) is 6.42 Å². The van der Waals surface area contributed by atoms with E-state index in [-0.39, 0.29) is 0 Å². The zero-order chi connectivity index (χ0) is 14.4. The average molecular weight is 278 g/mol. The van der Waals surface area contributed by atoms with Crippen molar-refractivity contribution in [3.05, 3.63) is 24.3 Å². The van der Waals surface area contributed by atoms with Crippen LogP contribution in [0.3, 0.4) is 0 Å². The zero-order valence-corrected chi connectivity index (χ0v) is 12.8. The Kier molecular flexibility index (Phi) is 5.26. The van der Waals surface area contributed by atoms with Gasteiger partial charge in [0.2, 0.25) is 0 Å². The predicted octanol–water partition coefficient (Wildman–Crippen LogP) is 2.01. The molecule has 2 rings (SSSR count). The molecule has 112 valence electrons. The fourth-order valence-electron chi connectivity index (χ4n) is 2.73. The van der Waals surface area contributed by atoms with Crippen LogP contribution in [-0.4, -0.2) is 51.8 Å². The molecule has 1 fully saturated rings. The molecule has 1 atom stereocenters. The molecule has 4 nitrogen and oxygen atoms in total. The first-order valence-electron chi connectivity index (χ1n) is 7.27. The first-order valence-corrected chi connectivity index (χ1v) is 7.27. The monoisotopic (exact) mass is 278 g/mol. The van der Waals surface area contributed by atoms with Gasteiger partial charge in [0.15, 0.2) is 0 Å². The summed E-state index contributed by atoms with van der Waals surface area (Å²) in [5.74, 6) is 1.75. The van der Waals surface area contributed by atoms with Crippen LogP contribution in [0, 0.1) is 5.41 Å². The summed E-state index contributed by atoms with van der Waals surface area (Å²) in [5, 5.41) is 3.44. The molecule has 20 heavy (non-hydrogen) atoms. The van der Waals surface area contributed by atoms with Crippen LogP contribution in [0.2, 0.25) is 0 Å². The molecule has 1 aliphatic rings. The number of methoxy groups -OCH3 is 1. The van der Waals surface area contributed by atoms with Gasteiger partial charge in [0, 0.05) is 19.6 Å². The maximum Gasteiger partial charge on any atom is 0.119 e. The van der Waals surface area contributed by atoms with E-state index in [9.17, 15) is 0 Å². The van der Waals surface area contributed by atoms with E-state index >= 15 is 0 Å². The molecule has 1 aromatic carbocycles. The zero-order valence-electron chi connectivity index (χ0n) is 12.8. The molecule has 1 aliphatic heterocycles. The molecule has 0 aliphatic carbocycles. The molecule has 0 saturated carbocycles. The Morgan fingerprint density at radius 3 is 2.55 bits per heavy atom. The number of rotatable bonds is 7. The van der Waals surface area contributed by atoms with Gasteiger partial charge < -0.3 is 19.7 Å². The molecule has 0 bridgehead atoms. The minimum Gasteiger partial charge on any atom is -0.497 e. The lowest BCUT2D eigenvalue weighted by Crippen LogP contribution is -2.37. The number of nitrogens with one attached hydrogen (secondary N) is 1. The third-order valence-corrected chi connectivity index (χ3v) is 3.91. The number of nitrogens with zero attached hydrogens (tertiary/aromatic N) is 1. The summed E-state index contributed by atoms with van der Waals surface area (Å²) >= 11 is 0. The van der Waals surface area contributed by atoms with Crippen LogP contribution < -0.4 is 14.8 Å². The highest BCUT2D eigenvalue weighted by molar-refractivity contribution is 5.31. The quantitative estimate of drug-likeness (QED) is 0.827. The van der Waals surface area contributed by atoms with Crippen LogP contribution in [0.4, 0.5) is 0 Å². The van der Waals surface area contributed by atoms with E-state index in [0.717, 1.165) is 37.7 Å². The topological polar surface area (TPSA) is 33.7 Å². The Morgan fingerprint density at radius 1 is 1.25 bits per heavy atom. The van der Waals surface area contributed by atoms with Gasteiger partial charge >= 0.3 is 0 Å². The van der Waals surface area contributed by atoms with Crippen molar-refractivity contribution in [2.75, 3.05) is 46.9 Å². The van der Waals surface area contributed by atoms with Crippen molar-refractivity contribution in [2.24, 2.45) is 5.41 Å². The van der Waals surface area contributed by atoms with E-state index in [4.69, 9.17) is 9.47 Å². The van der Waals surface area contributed by atoms with Gasteiger partial charge in [-0.05, 0) is 49.7 Å². The minimum atomic E-state index is 0.412. The first-order chi connectivity index (χ1) is 9.61. The minimum absolute atomic E-state index is 0.412. The van der Waals surface area contributed by atoms with Crippen LogP contribution in [-0.2, 0) is 0 Å². The van der Waals surface area contributed by atoms with Crippen LogP contribution >= 0.6 is 0 Å². The lowest BCUT2D eigenvalue weighted by Gasteiger charge is -2.29. The van der Waals surface area contributed by atoms with Crippen molar-refractivity contribution in [2.45, 2.75) is 13.3 Å². The fourth-order valence-corrected chi connectivity index (χ4v) is 2.73.